The summed E-state index contributed by atoms with van der Waals surface area (Å²) in [6, 6.07) is 14.7. The third kappa shape index (κ3) is 3.27. The van der Waals surface area contributed by atoms with Crippen LogP contribution in [0.15, 0.2) is 69.2 Å². The number of carbonyl (C=O) groups is 2. The lowest BCUT2D eigenvalue weighted by atomic mass is 10.1. The Morgan fingerprint density at radius 1 is 1.03 bits per heavy atom. The van der Waals surface area contributed by atoms with Crippen LogP contribution >= 0.6 is 11.6 Å². The SMILES string of the molecule is Cc1ccc(/C=C2\Oc3cc(OC(=O)c4cc5cc(Cl)ccc5o4)ccc3C2=O)o1. The van der Waals surface area contributed by atoms with Crippen LogP contribution in [0.25, 0.3) is 17.0 Å². The summed E-state index contributed by atoms with van der Waals surface area (Å²) in [5.74, 6) is 0.999. The van der Waals surface area contributed by atoms with Gasteiger partial charge in [0.05, 0.1) is 5.56 Å². The van der Waals surface area contributed by atoms with Gasteiger partial charge in [-0.3, -0.25) is 4.79 Å². The number of allylic oxidation sites excluding steroid dienone is 1. The first-order chi connectivity index (χ1) is 14.5. The fourth-order valence-electron chi connectivity index (χ4n) is 3.16. The first-order valence-corrected chi connectivity index (χ1v) is 9.40. The van der Waals surface area contributed by atoms with E-state index < -0.39 is 5.97 Å². The molecular weight excluding hydrogens is 408 g/mol. The van der Waals surface area contributed by atoms with Crippen molar-refractivity contribution in [3.8, 4) is 11.5 Å². The van der Waals surface area contributed by atoms with Crippen LogP contribution in [0.5, 0.6) is 11.5 Å². The van der Waals surface area contributed by atoms with Gasteiger partial charge in [-0.05, 0) is 55.5 Å². The minimum absolute atomic E-state index is 0.0403. The van der Waals surface area contributed by atoms with E-state index in [1.807, 2.05) is 6.92 Å². The van der Waals surface area contributed by atoms with Crippen molar-refractivity contribution < 1.29 is 27.9 Å². The third-order valence-corrected chi connectivity index (χ3v) is 4.80. The lowest BCUT2D eigenvalue weighted by molar-refractivity contribution is 0.0703. The molecule has 7 heteroatoms. The molecule has 1 aliphatic heterocycles. The van der Waals surface area contributed by atoms with Crippen LogP contribution < -0.4 is 9.47 Å². The van der Waals surface area contributed by atoms with Crippen molar-refractivity contribution in [3.05, 3.63) is 88.2 Å². The van der Waals surface area contributed by atoms with Crippen LogP contribution in [-0.2, 0) is 0 Å². The zero-order chi connectivity index (χ0) is 20.8. The standard InChI is InChI=1S/C23H13ClO6/c1-12-2-4-15(27-12)11-20-22(25)17-6-5-16(10-19(17)30-20)28-23(26)21-9-13-8-14(24)3-7-18(13)29-21/h2-11H,1H3/b20-11-. The summed E-state index contributed by atoms with van der Waals surface area (Å²) in [6.07, 6.45) is 1.53. The number of esters is 1. The molecular formula is C23H13ClO6. The number of furan rings is 2. The predicted octanol–water partition coefficient (Wildman–Crippen LogP) is 5.82. The number of ketones is 1. The quantitative estimate of drug-likeness (QED) is 0.236. The molecule has 1 aliphatic rings. The fourth-order valence-corrected chi connectivity index (χ4v) is 3.34. The molecule has 0 bridgehead atoms. The molecule has 6 nitrogen and oxygen atoms in total. The number of fused-ring (bicyclic) bond motifs is 2. The van der Waals surface area contributed by atoms with Crippen molar-refractivity contribution in [2.75, 3.05) is 0 Å². The van der Waals surface area contributed by atoms with Gasteiger partial charge >= 0.3 is 5.97 Å². The lowest BCUT2D eigenvalue weighted by Gasteiger charge is -2.03. The highest BCUT2D eigenvalue weighted by Crippen LogP contribution is 2.35. The van der Waals surface area contributed by atoms with Crippen LogP contribution in [0, 0.1) is 6.92 Å². The van der Waals surface area contributed by atoms with Gasteiger partial charge in [0, 0.05) is 22.6 Å². The van der Waals surface area contributed by atoms with Crippen LogP contribution in [-0.4, -0.2) is 11.8 Å². The minimum Gasteiger partial charge on any atom is -0.462 e. The maximum Gasteiger partial charge on any atom is 0.379 e. The number of carbonyl (C=O) groups excluding carboxylic acids is 2. The third-order valence-electron chi connectivity index (χ3n) is 4.57. The molecule has 2 aromatic heterocycles. The van der Waals surface area contributed by atoms with Gasteiger partial charge in [0.15, 0.2) is 5.76 Å². The monoisotopic (exact) mass is 420 g/mol. The first-order valence-electron chi connectivity index (χ1n) is 9.02. The van der Waals surface area contributed by atoms with E-state index in [2.05, 4.69) is 0 Å². The van der Waals surface area contributed by atoms with Crippen LogP contribution in [0.2, 0.25) is 5.02 Å². The number of hydrogen-bond acceptors (Lipinski definition) is 6. The van der Waals surface area contributed by atoms with E-state index in [1.54, 1.807) is 42.5 Å². The molecule has 0 saturated heterocycles. The largest absolute Gasteiger partial charge is 0.462 e. The molecule has 30 heavy (non-hydrogen) atoms. The van der Waals surface area contributed by atoms with Crippen LogP contribution in [0.3, 0.4) is 0 Å². The molecule has 4 aromatic rings. The maximum absolute atomic E-state index is 12.5. The molecule has 0 amide bonds. The molecule has 0 radical (unpaired) electrons. The second-order valence-corrected chi connectivity index (χ2v) is 7.16. The predicted molar refractivity (Wildman–Crippen MR) is 109 cm³/mol. The highest BCUT2D eigenvalue weighted by atomic mass is 35.5. The summed E-state index contributed by atoms with van der Waals surface area (Å²) in [4.78, 5) is 25.0. The normalized spacial score (nSPS) is 14.2. The second kappa shape index (κ2) is 6.93. The van der Waals surface area contributed by atoms with Gasteiger partial charge in [-0.1, -0.05) is 11.6 Å². The number of ether oxygens (including phenoxy) is 2. The highest BCUT2D eigenvalue weighted by Gasteiger charge is 2.28. The van der Waals surface area contributed by atoms with Crippen molar-refractivity contribution in [1.29, 1.82) is 0 Å². The maximum atomic E-state index is 12.5. The van der Waals surface area contributed by atoms with Crippen molar-refractivity contribution in [3.63, 3.8) is 0 Å². The Hall–Kier alpha value is -3.77. The Kier molecular flexibility index (Phi) is 4.22. The van der Waals surface area contributed by atoms with Gasteiger partial charge in [-0.25, -0.2) is 4.79 Å². The fraction of sp³-hybridized carbons (Fsp3) is 0.0435. The molecule has 0 aliphatic carbocycles. The number of hydrogen-bond donors (Lipinski definition) is 0. The average Bonchev–Trinajstić information content (AvgIpc) is 3.40. The molecule has 148 valence electrons. The van der Waals surface area contributed by atoms with Gasteiger partial charge in [-0.2, -0.15) is 0 Å². The minimum atomic E-state index is -0.673. The Morgan fingerprint density at radius 3 is 2.70 bits per heavy atom. The van der Waals surface area contributed by atoms with Crippen molar-refractivity contribution in [2.45, 2.75) is 6.92 Å². The number of benzene rings is 2. The number of rotatable bonds is 3. The second-order valence-electron chi connectivity index (χ2n) is 6.73. The van der Waals surface area contributed by atoms with Gasteiger partial charge in [-0.15, -0.1) is 0 Å². The van der Waals surface area contributed by atoms with E-state index in [4.69, 9.17) is 29.9 Å². The molecule has 5 rings (SSSR count). The van der Waals surface area contributed by atoms with Crippen LogP contribution in [0.4, 0.5) is 0 Å². The Bertz CT molecular complexity index is 1360. The molecule has 2 aromatic carbocycles. The van der Waals surface area contributed by atoms with E-state index in [9.17, 15) is 9.59 Å². The molecule has 0 N–H and O–H groups in total. The van der Waals surface area contributed by atoms with Gasteiger partial charge in [0.1, 0.15) is 28.6 Å². The molecule has 0 saturated carbocycles. The van der Waals surface area contributed by atoms with E-state index >= 15 is 0 Å². The summed E-state index contributed by atoms with van der Waals surface area (Å²) < 4.78 is 22.0. The van der Waals surface area contributed by atoms with Crippen molar-refractivity contribution in [2.24, 2.45) is 0 Å². The average molecular weight is 421 g/mol. The Labute approximate surface area is 175 Å². The molecule has 3 heterocycles. The van der Waals surface area contributed by atoms with Gasteiger partial charge < -0.3 is 18.3 Å². The number of halogens is 1. The summed E-state index contributed by atoms with van der Waals surface area (Å²) in [7, 11) is 0. The first kappa shape index (κ1) is 18.3. The molecule has 0 atom stereocenters. The summed E-state index contributed by atoms with van der Waals surface area (Å²) in [5.41, 5.74) is 0.903. The molecule has 0 spiro atoms. The van der Waals surface area contributed by atoms with E-state index in [1.165, 1.54) is 18.2 Å². The Balaban J connectivity index is 1.37. The van der Waals surface area contributed by atoms with E-state index in [-0.39, 0.29) is 23.1 Å². The topological polar surface area (TPSA) is 78.9 Å². The van der Waals surface area contributed by atoms with E-state index in [0.717, 1.165) is 5.76 Å². The molecule has 0 unspecified atom stereocenters. The Morgan fingerprint density at radius 2 is 1.90 bits per heavy atom. The van der Waals surface area contributed by atoms with Gasteiger partial charge in [0.25, 0.3) is 0 Å². The van der Waals surface area contributed by atoms with Crippen LogP contribution in [0.1, 0.15) is 32.4 Å². The summed E-state index contributed by atoms with van der Waals surface area (Å²) in [6.45, 7) is 1.81. The van der Waals surface area contributed by atoms with Crippen molar-refractivity contribution in [1.82, 2.24) is 0 Å². The lowest BCUT2D eigenvalue weighted by Crippen LogP contribution is -2.07. The molecule has 0 fully saturated rings. The zero-order valence-corrected chi connectivity index (χ0v) is 16.4. The zero-order valence-electron chi connectivity index (χ0n) is 15.6. The van der Waals surface area contributed by atoms with Gasteiger partial charge in [0.2, 0.25) is 11.5 Å². The summed E-state index contributed by atoms with van der Waals surface area (Å²) >= 11 is 5.96. The van der Waals surface area contributed by atoms with E-state index in [0.29, 0.717) is 33.1 Å². The van der Waals surface area contributed by atoms with Crippen molar-refractivity contribution >= 4 is 40.4 Å². The number of aryl methyl sites for hydroxylation is 1. The highest BCUT2D eigenvalue weighted by molar-refractivity contribution is 6.31. The summed E-state index contributed by atoms with van der Waals surface area (Å²) in [5, 5.41) is 1.23. The number of Topliss-reactive ketones (excluding diaryl/α,β-unsaturated/α-hetero) is 1. The smallest absolute Gasteiger partial charge is 0.379 e.